The quantitative estimate of drug-likeness (QED) is 0.750. The molecule has 21 heavy (non-hydrogen) atoms. The molecule has 0 aliphatic heterocycles. The number of benzene rings is 1. The monoisotopic (exact) mass is 301 g/mol. The van der Waals surface area contributed by atoms with Crippen molar-refractivity contribution in [2.75, 3.05) is 19.8 Å². The summed E-state index contributed by atoms with van der Waals surface area (Å²) in [7, 11) is 0. The fraction of sp³-hybridized carbons (Fsp3) is 0.533. The molecule has 0 aliphatic carbocycles. The fourth-order valence-corrected chi connectivity index (χ4v) is 1.67. The highest BCUT2D eigenvalue weighted by atomic mass is 19.2. The zero-order chi connectivity index (χ0) is 15.9. The molecule has 0 fully saturated rings. The molecule has 0 heterocycles. The van der Waals surface area contributed by atoms with E-state index in [1.807, 2.05) is 6.92 Å². The van der Waals surface area contributed by atoms with Crippen LogP contribution in [0.1, 0.15) is 27.2 Å². The molecule has 4 nitrogen and oxygen atoms in total. The minimum atomic E-state index is -1.04. The molecule has 1 rings (SSSR count). The van der Waals surface area contributed by atoms with Gasteiger partial charge in [0, 0.05) is 6.07 Å². The zero-order valence-corrected chi connectivity index (χ0v) is 12.5. The van der Waals surface area contributed by atoms with Crippen molar-refractivity contribution in [3.8, 4) is 5.75 Å². The molecule has 0 saturated carbocycles. The highest BCUT2D eigenvalue weighted by molar-refractivity contribution is 5.80. The maximum Gasteiger partial charge on any atom is 0.329 e. The molecular formula is C15H21F2NO3. The van der Waals surface area contributed by atoms with Crippen molar-refractivity contribution in [2.24, 2.45) is 0 Å². The molecule has 118 valence electrons. The van der Waals surface area contributed by atoms with Crippen LogP contribution >= 0.6 is 0 Å². The van der Waals surface area contributed by atoms with E-state index in [-0.39, 0.29) is 19.0 Å². The summed E-state index contributed by atoms with van der Waals surface area (Å²) in [4.78, 5) is 12.0. The van der Waals surface area contributed by atoms with Crippen molar-refractivity contribution < 1.29 is 23.0 Å². The van der Waals surface area contributed by atoms with Gasteiger partial charge in [-0.3, -0.25) is 5.32 Å². The van der Waals surface area contributed by atoms with Gasteiger partial charge in [-0.25, -0.2) is 13.6 Å². The third kappa shape index (κ3) is 4.97. The smallest absolute Gasteiger partial charge is 0.329 e. The summed E-state index contributed by atoms with van der Waals surface area (Å²) in [6.45, 7) is 6.16. The number of carbonyl (C=O) groups excluding carboxylic acids is 1. The predicted octanol–water partition coefficient (Wildman–Crippen LogP) is 2.67. The molecule has 0 bridgehead atoms. The molecule has 6 heteroatoms. The molecule has 0 aromatic heterocycles. The Bertz CT molecular complexity index is 482. The lowest BCUT2D eigenvalue weighted by molar-refractivity contribution is -0.151. The number of hydrogen-bond donors (Lipinski definition) is 1. The minimum absolute atomic E-state index is 0.0447. The van der Waals surface area contributed by atoms with Crippen LogP contribution in [0.15, 0.2) is 18.2 Å². The van der Waals surface area contributed by atoms with Gasteiger partial charge in [0.05, 0.1) is 6.61 Å². The van der Waals surface area contributed by atoms with Gasteiger partial charge in [0.15, 0.2) is 11.6 Å². The molecule has 1 atom stereocenters. The van der Waals surface area contributed by atoms with Gasteiger partial charge in [-0.15, -0.1) is 0 Å². The first-order chi connectivity index (χ1) is 9.92. The van der Waals surface area contributed by atoms with Gasteiger partial charge in [-0.2, -0.15) is 0 Å². The van der Waals surface area contributed by atoms with Crippen LogP contribution in [-0.2, 0) is 9.53 Å². The van der Waals surface area contributed by atoms with E-state index in [1.165, 1.54) is 6.07 Å². The molecule has 1 unspecified atom stereocenters. The van der Waals surface area contributed by atoms with Crippen LogP contribution in [0.25, 0.3) is 0 Å². The van der Waals surface area contributed by atoms with E-state index in [4.69, 9.17) is 9.47 Å². The molecule has 0 radical (unpaired) electrons. The largest absolute Gasteiger partial charge is 0.491 e. The molecule has 1 aromatic rings. The lowest BCUT2D eigenvalue weighted by Gasteiger charge is -2.28. The van der Waals surface area contributed by atoms with Gasteiger partial charge >= 0.3 is 5.97 Å². The zero-order valence-electron chi connectivity index (χ0n) is 12.5. The molecule has 0 spiro atoms. The first kappa shape index (κ1) is 17.4. The van der Waals surface area contributed by atoms with Crippen LogP contribution in [0, 0.1) is 11.6 Å². The first-order valence-corrected chi connectivity index (χ1v) is 6.93. The molecule has 0 saturated heterocycles. The van der Waals surface area contributed by atoms with Gasteiger partial charge < -0.3 is 9.47 Å². The number of halogens is 2. The average molecular weight is 301 g/mol. The Kier molecular flexibility index (Phi) is 6.55. The Balaban J connectivity index is 2.76. The normalized spacial score (nSPS) is 13.6. The number of rotatable bonds is 8. The van der Waals surface area contributed by atoms with E-state index in [2.05, 4.69) is 5.32 Å². The fourth-order valence-electron chi connectivity index (χ4n) is 1.67. The number of esters is 1. The summed E-state index contributed by atoms with van der Waals surface area (Å²) in [5.74, 6) is -2.23. The van der Waals surface area contributed by atoms with Crippen LogP contribution in [0.4, 0.5) is 8.78 Å². The minimum Gasteiger partial charge on any atom is -0.491 e. The van der Waals surface area contributed by atoms with E-state index in [9.17, 15) is 13.6 Å². The van der Waals surface area contributed by atoms with Crippen molar-refractivity contribution >= 4 is 5.97 Å². The molecule has 0 aliphatic rings. The van der Waals surface area contributed by atoms with Gasteiger partial charge in [0.2, 0.25) is 0 Å². The Labute approximate surface area is 123 Å². The molecular weight excluding hydrogens is 280 g/mol. The summed E-state index contributed by atoms with van der Waals surface area (Å²) in [6, 6.07) is 3.23. The van der Waals surface area contributed by atoms with Crippen LogP contribution in [-0.4, -0.2) is 31.3 Å². The summed E-state index contributed by atoms with van der Waals surface area (Å²) in [5, 5.41) is 3.06. The second-order valence-corrected chi connectivity index (χ2v) is 4.84. The SMILES string of the molecule is CCCNC(C)(COc1ccc(F)c(F)c1)C(=O)OCC. The van der Waals surface area contributed by atoms with Crippen LogP contribution < -0.4 is 10.1 Å². The third-order valence-corrected chi connectivity index (χ3v) is 2.91. The van der Waals surface area contributed by atoms with Crippen molar-refractivity contribution in [3.63, 3.8) is 0 Å². The topological polar surface area (TPSA) is 47.6 Å². The van der Waals surface area contributed by atoms with Crippen molar-refractivity contribution in [2.45, 2.75) is 32.7 Å². The first-order valence-electron chi connectivity index (χ1n) is 6.93. The van der Waals surface area contributed by atoms with Crippen molar-refractivity contribution in [1.82, 2.24) is 5.32 Å². The van der Waals surface area contributed by atoms with Crippen molar-refractivity contribution in [3.05, 3.63) is 29.8 Å². The maximum atomic E-state index is 13.1. The number of carbonyl (C=O) groups is 1. The van der Waals surface area contributed by atoms with E-state index in [0.29, 0.717) is 6.54 Å². The molecule has 1 aromatic carbocycles. The number of hydrogen-bond acceptors (Lipinski definition) is 4. The molecule has 1 N–H and O–H groups in total. The number of nitrogens with one attached hydrogen (secondary N) is 1. The van der Waals surface area contributed by atoms with E-state index < -0.39 is 23.1 Å². The standard InChI is InChI=1S/C15H21F2NO3/c1-4-8-18-15(3,14(19)20-5-2)10-21-11-6-7-12(16)13(17)9-11/h6-7,9,18H,4-5,8,10H2,1-3H3. The van der Waals surface area contributed by atoms with E-state index in [0.717, 1.165) is 18.6 Å². The summed E-state index contributed by atoms with van der Waals surface area (Å²) >= 11 is 0. The van der Waals surface area contributed by atoms with Crippen LogP contribution in [0.5, 0.6) is 5.75 Å². The van der Waals surface area contributed by atoms with Crippen LogP contribution in [0.2, 0.25) is 0 Å². The Morgan fingerprint density at radius 1 is 1.29 bits per heavy atom. The maximum absolute atomic E-state index is 13.1. The van der Waals surface area contributed by atoms with Gasteiger partial charge in [-0.1, -0.05) is 6.92 Å². The Morgan fingerprint density at radius 3 is 2.57 bits per heavy atom. The van der Waals surface area contributed by atoms with Gasteiger partial charge in [0.25, 0.3) is 0 Å². The lowest BCUT2D eigenvalue weighted by Crippen LogP contribution is -2.55. The van der Waals surface area contributed by atoms with E-state index >= 15 is 0 Å². The summed E-state index contributed by atoms with van der Waals surface area (Å²) in [6.07, 6.45) is 0.834. The summed E-state index contributed by atoms with van der Waals surface area (Å²) < 4.78 is 36.4. The van der Waals surface area contributed by atoms with Crippen molar-refractivity contribution in [1.29, 1.82) is 0 Å². The average Bonchev–Trinajstić information content (AvgIpc) is 2.46. The summed E-state index contributed by atoms with van der Waals surface area (Å²) in [5.41, 5.74) is -1.04. The predicted molar refractivity (Wildman–Crippen MR) is 75.2 cm³/mol. The highest BCUT2D eigenvalue weighted by Crippen LogP contribution is 2.17. The third-order valence-electron chi connectivity index (χ3n) is 2.91. The van der Waals surface area contributed by atoms with E-state index in [1.54, 1.807) is 13.8 Å². The second-order valence-electron chi connectivity index (χ2n) is 4.84. The Hall–Kier alpha value is -1.69. The lowest BCUT2D eigenvalue weighted by atomic mass is 10.0. The Morgan fingerprint density at radius 2 is 2.00 bits per heavy atom. The van der Waals surface area contributed by atoms with Crippen LogP contribution in [0.3, 0.4) is 0 Å². The number of ether oxygens (including phenoxy) is 2. The highest BCUT2D eigenvalue weighted by Gasteiger charge is 2.35. The second kappa shape index (κ2) is 7.93. The molecule has 0 amide bonds. The van der Waals surface area contributed by atoms with Gasteiger partial charge in [-0.05, 0) is 38.9 Å². The van der Waals surface area contributed by atoms with Gasteiger partial charge in [0.1, 0.15) is 17.9 Å².